The van der Waals surface area contributed by atoms with E-state index in [1.165, 1.54) is 0 Å². The summed E-state index contributed by atoms with van der Waals surface area (Å²) in [5, 5.41) is 0.922. The summed E-state index contributed by atoms with van der Waals surface area (Å²) >= 11 is 0. The largest absolute Gasteiger partial charge is 0.536 e. The van der Waals surface area contributed by atoms with Crippen LogP contribution >= 0.6 is 0 Å². The number of nitrogens with two attached hydrogens (primary N) is 3. The molecule has 1 atom stereocenters. The van der Waals surface area contributed by atoms with Gasteiger partial charge in [-0.15, -0.1) is 0 Å². The third-order valence-corrected chi connectivity index (χ3v) is 11.0. The lowest BCUT2D eigenvalue weighted by Crippen LogP contribution is -2.58. The maximum atomic E-state index is 6.00. The van der Waals surface area contributed by atoms with E-state index in [9.17, 15) is 0 Å². The summed E-state index contributed by atoms with van der Waals surface area (Å²) in [6.07, 6.45) is 1.34. The maximum Gasteiger partial charge on any atom is 0.536 e. The monoisotopic (exact) mass is 541 g/mol. The van der Waals surface area contributed by atoms with Gasteiger partial charge in [-0.05, 0) is 31.5 Å². The summed E-state index contributed by atoms with van der Waals surface area (Å²) in [4.78, 5) is 0. The smallest absolute Gasteiger partial charge is 0.494 e. The Morgan fingerprint density at radius 2 is 1.44 bits per heavy atom. The minimum absolute atomic E-state index is 0.151. The predicted octanol–water partition coefficient (Wildman–Crippen LogP) is 1.73. The molecule has 1 unspecified atom stereocenters. The molecule has 10 nitrogen and oxygen atoms in total. The molecule has 12 heteroatoms. The van der Waals surface area contributed by atoms with E-state index >= 15 is 0 Å². The zero-order chi connectivity index (χ0) is 26.9. The Morgan fingerprint density at radius 1 is 0.806 bits per heavy atom. The molecule has 0 saturated heterocycles. The van der Waals surface area contributed by atoms with Gasteiger partial charge in [0.25, 0.3) is 0 Å². The number of rotatable bonds is 16. The van der Waals surface area contributed by atoms with Crippen LogP contribution in [0.2, 0.25) is 6.04 Å². The van der Waals surface area contributed by atoms with Crippen molar-refractivity contribution in [3.05, 3.63) is 54.6 Å². The molecule has 0 saturated carbocycles. The molecule has 2 aromatic rings. The zero-order valence-corrected chi connectivity index (χ0v) is 24.1. The molecule has 204 valence electrons. The molecule has 0 fully saturated rings. The molecule has 2 aromatic carbocycles. The second-order valence-corrected chi connectivity index (χ2v) is 13.5. The Kier molecular flexibility index (Phi) is 15.7. The minimum atomic E-state index is -2.88. The van der Waals surface area contributed by atoms with Crippen LogP contribution in [0.15, 0.2) is 54.6 Å². The Morgan fingerprint density at radius 3 is 1.94 bits per heavy atom. The molecule has 0 aliphatic carbocycles. The van der Waals surface area contributed by atoms with Crippen molar-refractivity contribution in [1.82, 2.24) is 0 Å². The van der Waals surface area contributed by atoms with Gasteiger partial charge < -0.3 is 48.5 Å². The SMILES string of the molecule is CO[Si](CCCOc1cccc(N)c1)(OC)OC.CO[Si](OC)(OC(CN)CCN)c1ccccc1. The van der Waals surface area contributed by atoms with Crippen LogP contribution in [0, 0.1) is 0 Å². The highest BCUT2D eigenvalue weighted by Crippen LogP contribution is 2.18. The fourth-order valence-corrected chi connectivity index (χ4v) is 7.30. The van der Waals surface area contributed by atoms with Crippen molar-refractivity contribution in [3.63, 3.8) is 0 Å². The van der Waals surface area contributed by atoms with Gasteiger partial charge in [-0.1, -0.05) is 36.4 Å². The highest BCUT2D eigenvalue weighted by molar-refractivity contribution is 6.75. The lowest BCUT2D eigenvalue weighted by Gasteiger charge is -2.30. The first-order valence-electron chi connectivity index (χ1n) is 11.8. The van der Waals surface area contributed by atoms with E-state index in [2.05, 4.69) is 0 Å². The van der Waals surface area contributed by atoms with Gasteiger partial charge >= 0.3 is 17.6 Å². The van der Waals surface area contributed by atoms with Gasteiger partial charge in [0, 0.05) is 65.1 Å². The molecule has 0 bridgehead atoms. The number of ether oxygens (including phenoxy) is 1. The summed E-state index contributed by atoms with van der Waals surface area (Å²) in [6.45, 7) is 1.49. The van der Waals surface area contributed by atoms with E-state index in [-0.39, 0.29) is 6.10 Å². The highest BCUT2D eigenvalue weighted by Gasteiger charge is 2.43. The van der Waals surface area contributed by atoms with E-state index in [1.54, 1.807) is 41.6 Å². The molecule has 0 amide bonds. The van der Waals surface area contributed by atoms with Crippen molar-refractivity contribution in [2.75, 3.05) is 61.0 Å². The first-order valence-corrected chi connectivity index (χ1v) is 15.4. The lowest BCUT2D eigenvalue weighted by atomic mass is 10.3. The molecular weight excluding hydrogens is 498 g/mol. The molecule has 0 spiro atoms. The predicted molar refractivity (Wildman–Crippen MR) is 146 cm³/mol. The number of hydrogen-bond acceptors (Lipinski definition) is 10. The van der Waals surface area contributed by atoms with Crippen molar-refractivity contribution in [2.45, 2.75) is 25.0 Å². The molecule has 36 heavy (non-hydrogen) atoms. The van der Waals surface area contributed by atoms with Crippen molar-refractivity contribution in [3.8, 4) is 5.75 Å². The third kappa shape index (κ3) is 10.3. The van der Waals surface area contributed by atoms with Crippen LogP contribution in [-0.4, -0.2) is 79.0 Å². The van der Waals surface area contributed by atoms with E-state index in [1.807, 2.05) is 48.5 Å². The van der Waals surface area contributed by atoms with Gasteiger partial charge in [0.2, 0.25) is 0 Å². The number of anilines is 1. The van der Waals surface area contributed by atoms with Crippen LogP contribution < -0.4 is 27.1 Å². The molecule has 0 aliphatic rings. The molecule has 6 N–H and O–H groups in total. The van der Waals surface area contributed by atoms with E-state index in [0.717, 1.165) is 23.4 Å². The summed E-state index contributed by atoms with van der Waals surface area (Å²) in [6, 6.07) is 17.8. The van der Waals surface area contributed by atoms with E-state index in [4.69, 9.17) is 48.5 Å². The normalized spacial score (nSPS) is 12.5. The number of hydrogen-bond donors (Lipinski definition) is 3. The van der Waals surface area contributed by atoms with Crippen molar-refractivity contribution in [2.24, 2.45) is 11.5 Å². The molecule has 0 aromatic heterocycles. The Balaban J connectivity index is 0.000000360. The summed E-state index contributed by atoms with van der Waals surface area (Å²) in [7, 11) is 2.67. The standard InChI is InChI=1S/C12H22N2O3Si.C12H21NO4Si/c1-15-18(16-2,12-6-4-3-5-7-12)17-11(10-14)8-9-13;1-14-18(15-2,16-3)9-5-8-17-12-7-4-6-11(13)10-12/h3-7,11H,8-10,13-14H2,1-2H3;4,6-7,10H,5,8-9,13H2,1-3H3. The van der Waals surface area contributed by atoms with Gasteiger partial charge in [0.15, 0.2) is 0 Å². The molecule has 0 aliphatic heterocycles. The minimum Gasteiger partial charge on any atom is -0.494 e. The van der Waals surface area contributed by atoms with Crippen molar-refractivity contribution in [1.29, 1.82) is 0 Å². The summed E-state index contributed by atoms with van der Waals surface area (Å²) < 4.78 is 38.7. The number of benzene rings is 2. The van der Waals surface area contributed by atoms with E-state index < -0.39 is 17.6 Å². The van der Waals surface area contributed by atoms with Crippen LogP contribution in [0.1, 0.15) is 12.8 Å². The highest BCUT2D eigenvalue weighted by atomic mass is 28.4. The third-order valence-electron chi connectivity index (χ3n) is 5.43. The van der Waals surface area contributed by atoms with Crippen LogP contribution in [0.5, 0.6) is 5.75 Å². The quantitative estimate of drug-likeness (QED) is 0.163. The van der Waals surface area contributed by atoms with Gasteiger partial charge in [0.1, 0.15) is 5.75 Å². The average molecular weight is 542 g/mol. The molecule has 0 radical (unpaired) electrons. The van der Waals surface area contributed by atoms with Crippen LogP contribution in [0.4, 0.5) is 5.69 Å². The fraction of sp³-hybridized carbons (Fsp3) is 0.500. The van der Waals surface area contributed by atoms with Crippen molar-refractivity contribution < 1.29 is 31.3 Å². The second-order valence-electron chi connectivity index (χ2n) is 7.70. The average Bonchev–Trinajstić information content (AvgIpc) is 2.93. The molecular formula is C24H43N3O7Si2. The molecule has 2 rings (SSSR count). The fourth-order valence-electron chi connectivity index (χ4n) is 3.39. The summed E-state index contributed by atoms with van der Waals surface area (Å²) in [5.74, 6) is 0.773. The first-order chi connectivity index (χ1) is 17.4. The van der Waals surface area contributed by atoms with Gasteiger partial charge in [0.05, 0.1) is 12.7 Å². The zero-order valence-electron chi connectivity index (χ0n) is 22.1. The van der Waals surface area contributed by atoms with Crippen LogP contribution in [-0.2, 0) is 26.6 Å². The topological polar surface area (TPSA) is 143 Å². The second kappa shape index (κ2) is 17.6. The van der Waals surface area contributed by atoms with Gasteiger partial charge in [-0.2, -0.15) is 0 Å². The Hall–Kier alpha value is -1.85. The Labute approximate surface area is 217 Å². The maximum absolute atomic E-state index is 6.00. The van der Waals surface area contributed by atoms with Gasteiger partial charge in [-0.3, -0.25) is 0 Å². The Bertz CT molecular complexity index is 820. The van der Waals surface area contributed by atoms with Crippen LogP contribution in [0.3, 0.4) is 0 Å². The lowest BCUT2D eigenvalue weighted by molar-refractivity contribution is 0.0685. The number of nitrogen functional groups attached to an aromatic ring is 1. The van der Waals surface area contributed by atoms with E-state index in [0.29, 0.717) is 31.8 Å². The summed E-state index contributed by atoms with van der Waals surface area (Å²) in [5.41, 5.74) is 17.6. The van der Waals surface area contributed by atoms with Gasteiger partial charge in [-0.25, -0.2) is 0 Å². The molecule has 0 heterocycles. The van der Waals surface area contributed by atoms with Crippen LogP contribution in [0.25, 0.3) is 0 Å². The first kappa shape index (κ1) is 32.2. The van der Waals surface area contributed by atoms with Crippen molar-refractivity contribution >= 4 is 28.5 Å².